The molecule has 0 spiro atoms. The summed E-state index contributed by atoms with van der Waals surface area (Å²) in [6.45, 7) is 0. The minimum absolute atomic E-state index is 0.181. The fourth-order valence-corrected chi connectivity index (χ4v) is 7.84. The number of aromatic hydroxyl groups is 1. The molecule has 0 saturated heterocycles. The summed E-state index contributed by atoms with van der Waals surface area (Å²) < 4.78 is 6.78. The van der Waals surface area contributed by atoms with Crippen LogP contribution in [0.1, 0.15) is 0 Å². The van der Waals surface area contributed by atoms with Gasteiger partial charge in [0.2, 0.25) is 0 Å². The van der Waals surface area contributed by atoms with Crippen molar-refractivity contribution in [2.45, 2.75) is 0 Å². The third-order valence-corrected chi connectivity index (χ3v) is 10.7. The van der Waals surface area contributed by atoms with Crippen LogP contribution in [0.25, 0.3) is 66.4 Å². The lowest BCUT2D eigenvalue weighted by molar-refractivity contribution is 0.475. The number of anilines is 5. The van der Waals surface area contributed by atoms with Crippen LogP contribution in [0.15, 0.2) is 223 Å². The van der Waals surface area contributed by atoms with Crippen molar-refractivity contribution in [1.29, 1.82) is 0 Å². The number of fused-ring (bicyclic) bond motifs is 3. The van der Waals surface area contributed by atoms with E-state index < -0.39 is 0 Å². The average molecular weight is 747 g/mol. The lowest BCUT2D eigenvalue weighted by Gasteiger charge is -2.27. The Balaban J connectivity index is 1.14. The minimum atomic E-state index is 0.181. The highest BCUT2D eigenvalue weighted by Crippen LogP contribution is 2.46. The molecular weight excluding hydrogens is 709 g/mol. The van der Waals surface area contributed by atoms with E-state index in [0.29, 0.717) is 0 Å². The first-order chi connectivity index (χ1) is 28.6. The maximum Gasteiger partial charge on any atom is 0.159 e. The number of phenolic OH excluding ortho intramolecular Hbond substituents is 1. The van der Waals surface area contributed by atoms with E-state index in [-0.39, 0.29) is 5.75 Å². The molecule has 0 amide bonds. The van der Waals surface area contributed by atoms with Crippen LogP contribution < -0.4 is 10.2 Å². The molecule has 10 rings (SSSR count). The van der Waals surface area contributed by atoms with Gasteiger partial charge in [-0.3, -0.25) is 0 Å². The van der Waals surface area contributed by atoms with Crippen LogP contribution in [-0.4, -0.2) is 5.11 Å². The van der Waals surface area contributed by atoms with Gasteiger partial charge < -0.3 is 19.7 Å². The summed E-state index contributed by atoms with van der Waals surface area (Å²) in [6, 6.07) is 75.2. The molecule has 0 aliphatic rings. The Bertz CT molecular complexity index is 2910. The highest BCUT2D eigenvalue weighted by atomic mass is 16.3. The molecule has 4 nitrogen and oxygen atoms in total. The summed E-state index contributed by atoms with van der Waals surface area (Å²) in [5, 5.41) is 16.5. The van der Waals surface area contributed by atoms with E-state index in [9.17, 15) is 5.11 Å². The van der Waals surface area contributed by atoms with Crippen molar-refractivity contribution < 1.29 is 9.52 Å². The van der Waals surface area contributed by atoms with Crippen molar-refractivity contribution in [1.82, 2.24) is 0 Å². The molecule has 58 heavy (non-hydrogen) atoms. The maximum absolute atomic E-state index is 10.8. The molecule has 10 aromatic rings. The first kappa shape index (κ1) is 34.7. The molecule has 0 saturated carbocycles. The highest BCUT2D eigenvalue weighted by Gasteiger charge is 2.22. The third kappa shape index (κ3) is 6.74. The van der Waals surface area contributed by atoms with Crippen LogP contribution in [0.3, 0.4) is 0 Å². The van der Waals surface area contributed by atoms with Crippen molar-refractivity contribution in [2.24, 2.45) is 0 Å². The Kier molecular flexibility index (Phi) is 8.97. The SMILES string of the molecule is Oc1ccc(-c2cc(N(c3ccc(-c4ccccc4)cc3)c3ccc(-c4ccccc4)cc3)c3oc4ccccc4c3c2)c(Nc2ccc(-c3ccccc3)cc2)c1. The topological polar surface area (TPSA) is 48.6 Å². The molecule has 0 fully saturated rings. The van der Waals surface area contributed by atoms with Crippen LogP contribution in [0, 0.1) is 0 Å². The minimum Gasteiger partial charge on any atom is -0.508 e. The number of para-hydroxylation sites is 1. The molecule has 4 heteroatoms. The van der Waals surface area contributed by atoms with Crippen molar-refractivity contribution in [2.75, 3.05) is 10.2 Å². The Morgan fingerprint density at radius 1 is 0.397 bits per heavy atom. The molecule has 1 aromatic heterocycles. The molecule has 0 radical (unpaired) electrons. The second kappa shape index (κ2) is 15.0. The molecule has 0 atom stereocenters. The first-order valence-corrected chi connectivity index (χ1v) is 19.5. The molecule has 0 unspecified atom stereocenters. The summed E-state index contributed by atoms with van der Waals surface area (Å²) in [5.74, 6) is 0.181. The van der Waals surface area contributed by atoms with E-state index in [0.717, 1.165) is 94.9 Å². The Morgan fingerprint density at radius 3 is 1.43 bits per heavy atom. The van der Waals surface area contributed by atoms with Gasteiger partial charge in [-0.25, -0.2) is 0 Å². The fraction of sp³-hybridized carbons (Fsp3) is 0. The summed E-state index contributed by atoms with van der Waals surface area (Å²) in [5.41, 5.74) is 15.0. The number of nitrogens with one attached hydrogen (secondary N) is 1. The fourth-order valence-electron chi connectivity index (χ4n) is 7.84. The van der Waals surface area contributed by atoms with Gasteiger partial charge in [0, 0.05) is 39.5 Å². The normalized spacial score (nSPS) is 11.2. The molecular formula is C54H38N2O2. The van der Waals surface area contributed by atoms with Crippen molar-refractivity contribution >= 4 is 50.4 Å². The summed E-state index contributed by atoms with van der Waals surface area (Å²) in [4.78, 5) is 2.29. The zero-order valence-corrected chi connectivity index (χ0v) is 31.6. The maximum atomic E-state index is 10.8. The smallest absolute Gasteiger partial charge is 0.159 e. The van der Waals surface area contributed by atoms with Gasteiger partial charge in [-0.05, 0) is 106 Å². The van der Waals surface area contributed by atoms with Crippen molar-refractivity contribution in [3.63, 3.8) is 0 Å². The van der Waals surface area contributed by atoms with E-state index >= 15 is 0 Å². The molecule has 0 bridgehead atoms. The van der Waals surface area contributed by atoms with Gasteiger partial charge in [-0.15, -0.1) is 0 Å². The largest absolute Gasteiger partial charge is 0.508 e. The van der Waals surface area contributed by atoms with Crippen LogP contribution in [0.5, 0.6) is 5.75 Å². The van der Waals surface area contributed by atoms with Gasteiger partial charge in [0.25, 0.3) is 0 Å². The van der Waals surface area contributed by atoms with Gasteiger partial charge in [0.05, 0.1) is 11.4 Å². The van der Waals surface area contributed by atoms with Crippen molar-refractivity contribution in [3.05, 3.63) is 218 Å². The van der Waals surface area contributed by atoms with Crippen LogP contribution >= 0.6 is 0 Å². The van der Waals surface area contributed by atoms with E-state index in [4.69, 9.17) is 4.42 Å². The number of hydrogen-bond donors (Lipinski definition) is 2. The van der Waals surface area contributed by atoms with Crippen LogP contribution in [-0.2, 0) is 0 Å². The lowest BCUT2D eigenvalue weighted by Crippen LogP contribution is -2.10. The van der Waals surface area contributed by atoms with Crippen LogP contribution in [0.4, 0.5) is 28.4 Å². The predicted octanol–water partition coefficient (Wildman–Crippen LogP) is 15.2. The number of rotatable bonds is 9. The molecule has 0 aliphatic heterocycles. The Labute approximate surface area is 337 Å². The van der Waals surface area contributed by atoms with Gasteiger partial charge in [-0.1, -0.05) is 146 Å². The highest BCUT2D eigenvalue weighted by molar-refractivity contribution is 6.12. The average Bonchev–Trinajstić information content (AvgIpc) is 3.67. The summed E-state index contributed by atoms with van der Waals surface area (Å²) in [6.07, 6.45) is 0. The van der Waals surface area contributed by atoms with Gasteiger partial charge in [0.1, 0.15) is 11.3 Å². The molecule has 0 aliphatic carbocycles. The summed E-state index contributed by atoms with van der Waals surface area (Å²) in [7, 11) is 0. The number of benzene rings is 9. The first-order valence-electron chi connectivity index (χ1n) is 19.5. The van der Waals surface area contributed by atoms with Crippen molar-refractivity contribution in [3.8, 4) is 50.3 Å². The predicted molar refractivity (Wildman–Crippen MR) is 242 cm³/mol. The van der Waals surface area contributed by atoms with E-state index in [1.54, 1.807) is 12.1 Å². The molecule has 2 N–H and O–H groups in total. The van der Waals surface area contributed by atoms with Crippen LogP contribution in [0.2, 0.25) is 0 Å². The monoisotopic (exact) mass is 746 g/mol. The summed E-state index contributed by atoms with van der Waals surface area (Å²) >= 11 is 0. The standard InChI is InChI=1S/C54H38N2O2/c57-47-32-33-48(51(36-47)55-44-26-20-40(21-27-44)37-12-4-1-5-13-37)43-34-50-49-18-10-11-19-53(49)58-54(50)52(35-43)56(45-28-22-41(23-29-45)38-14-6-2-7-15-38)46-30-24-42(25-31-46)39-16-8-3-9-17-39/h1-36,55,57H. The number of hydrogen-bond acceptors (Lipinski definition) is 4. The molecule has 9 aromatic carbocycles. The lowest BCUT2D eigenvalue weighted by atomic mass is 9.98. The number of phenols is 1. The quantitative estimate of drug-likeness (QED) is 0.154. The number of nitrogens with zero attached hydrogens (tertiary/aromatic N) is 1. The zero-order valence-electron chi connectivity index (χ0n) is 31.6. The Hall–Kier alpha value is -7.82. The van der Waals surface area contributed by atoms with E-state index in [2.05, 4.69) is 180 Å². The molecule has 1 heterocycles. The van der Waals surface area contributed by atoms with E-state index in [1.807, 2.05) is 36.4 Å². The van der Waals surface area contributed by atoms with Gasteiger partial charge in [0.15, 0.2) is 5.58 Å². The van der Waals surface area contributed by atoms with E-state index in [1.165, 1.54) is 0 Å². The third-order valence-electron chi connectivity index (χ3n) is 10.7. The second-order valence-electron chi connectivity index (χ2n) is 14.4. The van der Waals surface area contributed by atoms with Gasteiger partial charge >= 0.3 is 0 Å². The van der Waals surface area contributed by atoms with Gasteiger partial charge in [-0.2, -0.15) is 0 Å². The number of furan rings is 1. The molecule has 276 valence electrons. The Morgan fingerprint density at radius 2 is 0.879 bits per heavy atom. The zero-order chi connectivity index (χ0) is 38.8. The second-order valence-corrected chi connectivity index (χ2v) is 14.4.